The van der Waals surface area contributed by atoms with Gasteiger partial charge in [-0.25, -0.2) is 4.98 Å². The maximum atomic E-state index is 12.2. The van der Waals surface area contributed by atoms with Crippen molar-refractivity contribution in [1.82, 2.24) is 4.98 Å². The molecule has 3 aromatic rings. The van der Waals surface area contributed by atoms with Gasteiger partial charge >= 0.3 is 0 Å². The van der Waals surface area contributed by atoms with E-state index >= 15 is 0 Å². The van der Waals surface area contributed by atoms with E-state index in [2.05, 4.69) is 17.2 Å². The highest BCUT2D eigenvalue weighted by Gasteiger charge is 2.08. The number of nitrogens with one attached hydrogen (secondary N) is 1. The van der Waals surface area contributed by atoms with Crippen LogP contribution in [-0.4, -0.2) is 17.5 Å². The monoisotopic (exact) mass is 420 g/mol. The molecule has 0 aliphatic rings. The van der Waals surface area contributed by atoms with E-state index in [1.54, 1.807) is 24.3 Å². The molecule has 1 N–H and O–H groups in total. The van der Waals surface area contributed by atoms with E-state index in [0.29, 0.717) is 21.8 Å². The Morgan fingerprint density at radius 3 is 2.89 bits per heavy atom. The lowest BCUT2D eigenvalue weighted by Gasteiger charge is -2.04. The molecule has 0 saturated carbocycles. The molecule has 140 valence electrons. The number of anilines is 1. The molecule has 0 bridgehead atoms. The second kappa shape index (κ2) is 9.22. The van der Waals surface area contributed by atoms with Crippen LogP contribution in [0.25, 0.3) is 16.3 Å². The first-order valence-corrected chi connectivity index (χ1v) is 10.1. The van der Waals surface area contributed by atoms with Crippen LogP contribution >= 0.6 is 34.5 Å². The van der Waals surface area contributed by atoms with E-state index in [4.69, 9.17) is 27.9 Å². The Bertz CT molecular complexity index is 985. The molecule has 0 aliphatic heterocycles. The van der Waals surface area contributed by atoms with E-state index in [1.807, 2.05) is 18.2 Å². The Labute approximate surface area is 171 Å². The van der Waals surface area contributed by atoms with Crippen LogP contribution in [0, 0.1) is 0 Å². The summed E-state index contributed by atoms with van der Waals surface area (Å²) in [6, 6.07) is 10.8. The number of benzene rings is 2. The summed E-state index contributed by atoms with van der Waals surface area (Å²) in [5.41, 5.74) is 1.54. The van der Waals surface area contributed by atoms with Gasteiger partial charge in [-0.05, 0) is 48.4 Å². The van der Waals surface area contributed by atoms with Crippen LogP contribution in [-0.2, 0) is 4.79 Å². The lowest BCUT2D eigenvalue weighted by atomic mass is 10.2. The molecule has 0 atom stereocenters. The molecule has 1 amide bonds. The molecular weight excluding hydrogens is 403 g/mol. The standard InChI is InChI=1S/C20H18Cl2N2O2S/c1-2-3-10-26-15-7-8-17-18(12-15)27-20(23-17)24-19(25)9-5-13-4-6-14(21)11-16(13)22/h4-9,11-12H,2-3,10H2,1H3,(H,23,24,25)/b9-5+. The molecule has 2 aromatic carbocycles. The molecule has 0 fully saturated rings. The largest absolute Gasteiger partial charge is 0.494 e. The second-order valence-electron chi connectivity index (χ2n) is 5.84. The van der Waals surface area contributed by atoms with Crippen LogP contribution < -0.4 is 10.1 Å². The summed E-state index contributed by atoms with van der Waals surface area (Å²) >= 11 is 13.4. The molecular formula is C20H18Cl2N2O2S. The average molecular weight is 421 g/mol. The highest BCUT2D eigenvalue weighted by molar-refractivity contribution is 7.22. The van der Waals surface area contributed by atoms with Gasteiger partial charge in [0.1, 0.15) is 5.75 Å². The van der Waals surface area contributed by atoms with Crippen molar-refractivity contribution in [3.05, 3.63) is 58.1 Å². The first-order chi connectivity index (χ1) is 13.0. The van der Waals surface area contributed by atoms with Crippen molar-refractivity contribution in [3.63, 3.8) is 0 Å². The van der Waals surface area contributed by atoms with Crippen molar-refractivity contribution in [2.45, 2.75) is 19.8 Å². The van der Waals surface area contributed by atoms with Gasteiger partial charge in [-0.1, -0.05) is 53.9 Å². The Morgan fingerprint density at radius 2 is 2.11 bits per heavy atom. The van der Waals surface area contributed by atoms with Gasteiger partial charge in [0.25, 0.3) is 0 Å². The smallest absolute Gasteiger partial charge is 0.250 e. The Kier molecular flexibility index (Phi) is 6.72. The first kappa shape index (κ1) is 19.7. The number of amides is 1. The zero-order valence-electron chi connectivity index (χ0n) is 14.7. The van der Waals surface area contributed by atoms with Crippen molar-refractivity contribution >= 4 is 61.9 Å². The highest BCUT2D eigenvalue weighted by Crippen LogP contribution is 2.29. The fraction of sp³-hybridized carbons (Fsp3) is 0.200. The normalized spacial score (nSPS) is 11.2. The summed E-state index contributed by atoms with van der Waals surface area (Å²) in [5, 5.41) is 4.35. The molecule has 0 radical (unpaired) electrons. The number of ether oxygens (including phenoxy) is 1. The van der Waals surface area contributed by atoms with E-state index in [0.717, 1.165) is 34.4 Å². The van der Waals surface area contributed by atoms with Crippen LogP contribution in [0.4, 0.5) is 5.13 Å². The number of nitrogens with zero attached hydrogens (tertiary/aromatic N) is 1. The highest BCUT2D eigenvalue weighted by atomic mass is 35.5. The second-order valence-corrected chi connectivity index (χ2v) is 7.71. The number of hydrogen-bond donors (Lipinski definition) is 1. The molecule has 27 heavy (non-hydrogen) atoms. The van der Waals surface area contributed by atoms with Gasteiger partial charge in [0.2, 0.25) is 5.91 Å². The molecule has 0 spiro atoms. The van der Waals surface area contributed by atoms with Crippen LogP contribution in [0.5, 0.6) is 5.75 Å². The molecule has 1 aromatic heterocycles. The lowest BCUT2D eigenvalue weighted by Crippen LogP contribution is -2.07. The summed E-state index contributed by atoms with van der Waals surface area (Å²) in [4.78, 5) is 16.6. The Morgan fingerprint density at radius 1 is 1.26 bits per heavy atom. The lowest BCUT2D eigenvalue weighted by molar-refractivity contribution is -0.111. The number of rotatable bonds is 7. The molecule has 0 aliphatic carbocycles. The molecule has 0 unspecified atom stereocenters. The van der Waals surface area contributed by atoms with Crippen LogP contribution in [0.15, 0.2) is 42.5 Å². The minimum absolute atomic E-state index is 0.278. The third kappa shape index (κ3) is 5.45. The summed E-state index contributed by atoms with van der Waals surface area (Å²) < 4.78 is 6.67. The molecule has 1 heterocycles. The SMILES string of the molecule is CCCCOc1ccc2nc(NC(=O)/C=C/c3ccc(Cl)cc3Cl)sc2c1. The van der Waals surface area contributed by atoms with Crippen molar-refractivity contribution < 1.29 is 9.53 Å². The molecule has 7 heteroatoms. The quantitative estimate of drug-likeness (QED) is 0.353. The summed E-state index contributed by atoms with van der Waals surface area (Å²) in [6.07, 6.45) is 5.17. The molecule has 0 saturated heterocycles. The van der Waals surface area contributed by atoms with Crippen LogP contribution in [0.1, 0.15) is 25.3 Å². The van der Waals surface area contributed by atoms with Gasteiger partial charge in [0.05, 0.1) is 16.8 Å². The Hall–Kier alpha value is -2.08. The van der Waals surface area contributed by atoms with Crippen molar-refractivity contribution in [2.75, 3.05) is 11.9 Å². The summed E-state index contributed by atoms with van der Waals surface area (Å²) in [5.74, 6) is 0.536. The minimum atomic E-state index is -0.278. The predicted molar refractivity (Wildman–Crippen MR) is 114 cm³/mol. The van der Waals surface area contributed by atoms with E-state index in [1.165, 1.54) is 17.4 Å². The van der Waals surface area contributed by atoms with Gasteiger partial charge in [0.15, 0.2) is 5.13 Å². The fourth-order valence-corrected chi connectivity index (χ4v) is 3.70. The van der Waals surface area contributed by atoms with Crippen molar-refractivity contribution in [2.24, 2.45) is 0 Å². The van der Waals surface area contributed by atoms with Gasteiger partial charge in [0, 0.05) is 16.1 Å². The minimum Gasteiger partial charge on any atom is -0.494 e. The fourth-order valence-electron chi connectivity index (χ4n) is 2.33. The van der Waals surface area contributed by atoms with E-state index in [-0.39, 0.29) is 5.91 Å². The van der Waals surface area contributed by atoms with Crippen molar-refractivity contribution in [3.8, 4) is 5.75 Å². The van der Waals surface area contributed by atoms with Gasteiger partial charge in [-0.15, -0.1) is 0 Å². The Balaban J connectivity index is 1.66. The third-order valence-electron chi connectivity index (χ3n) is 3.73. The topological polar surface area (TPSA) is 51.2 Å². The number of unbranched alkanes of at least 4 members (excludes halogenated alkanes) is 1. The summed E-state index contributed by atoms with van der Waals surface area (Å²) in [7, 11) is 0. The zero-order chi connectivity index (χ0) is 19.2. The molecule has 4 nitrogen and oxygen atoms in total. The maximum Gasteiger partial charge on any atom is 0.250 e. The number of carbonyl (C=O) groups is 1. The predicted octanol–water partition coefficient (Wildman–Crippen LogP) is 6.43. The van der Waals surface area contributed by atoms with Crippen LogP contribution in [0.2, 0.25) is 10.0 Å². The third-order valence-corrected chi connectivity index (χ3v) is 5.23. The first-order valence-electron chi connectivity index (χ1n) is 8.52. The van der Waals surface area contributed by atoms with Gasteiger partial charge in [-0.3, -0.25) is 10.1 Å². The number of carbonyl (C=O) groups excluding carboxylic acids is 1. The van der Waals surface area contributed by atoms with Crippen molar-refractivity contribution in [1.29, 1.82) is 0 Å². The van der Waals surface area contributed by atoms with Crippen LogP contribution in [0.3, 0.4) is 0 Å². The number of thiazole rings is 1. The average Bonchev–Trinajstić information content (AvgIpc) is 3.02. The number of aromatic nitrogens is 1. The summed E-state index contributed by atoms with van der Waals surface area (Å²) in [6.45, 7) is 2.82. The number of halogens is 2. The van der Waals surface area contributed by atoms with E-state index in [9.17, 15) is 4.79 Å². The maximum absolute atomic E-state index is 12.2. The van der Waals surface area contributed by atoms with E-state index < -0.39 is 0 Å². The zero-order valence-corrected chi connectivity index (χ0v) is 17.0. The van der Waals surface area contributed by atoms with Gasteiger partial charge in [-0.2, -0.15) is 0 Å². The number of hydrogen-bond acceptors (Lipinski definition) is 4. The number of fused-ring (bicyclic) bond motifs is 1. The molecule has 3 rings (SSSR count). The van der Waals surface area contributed by atoms with Gasteiger partial charge < -0.3 is 4.74 Å².